The number of hydrazine groups is 1. The van der Waals surface area contributed by atoms with E-state index in [1.807, 2.05) is 58.4 Å². The lowest BCUT2D eigenvalue weighted by Gasteiger charge is -2.53. The molecule has 4 aliphatic rings. The lowest BCUT2D eigenvalue weighted by Crippen LogP contribution is -2.69. The van der Waals surface area contributed by atoms with Crippen molar-refractivity contribution < 1.29 is 19.4 Å². The maximum absolute atomic E-state index is 14.3. The van der Waals surface area contributed by atoms with Gasteiger partial charge in [0.25, 0.3) is 5.91 Å². The van der Waals surface area contributed by atoms with Gasteiger partial charge in [0.05, 0.1) is 19.3 Å². The monoisotopic (exact) mass is 645 g/mol. The average molecular weight is 647 g/mol. The van der Waals surface area contributed by atoms with E-state index in [1.165, 1.54) is 6.08 Å². The van der Waals surface area contributed by atoms with Crippen molar-refractivity contribution in [1.29, 1.82) is 0 Å². The van der Waals surface area contributed by atoms with E-state index in [4.69, 9.17) is 4.74 Å². The Morgan fingerprint density at radius 1 is 0.976 bits per heavy atom. The van der Waals surface area contributed by atoms with Crippen LogP contribution in [0.3, 0.4) is 0 Å². The molecule has 1 N–H and O–H groups in total. The minimum atomic E-state index is -0.960. The topological polar surface area (TPSA) is 73.3 Å². The van der Waals surface area contributed by atoms with Crippen LogP contribution in [0.15, 0.2) is 90.0 Å². The number of ketones is 1. The molecule has 1 aliphatic carbocycles. The molecule has 7 nitrogen and oxygen atoms in total. The highest BCUT2D eigenvalue weighted by molar-refractivity contribution is 9.09. The summed E-state index contributed by atoms with van der Waals surface area (Å²) < 4.78 is 6.28. The SMILES string of the molecule is O=C1C=CN2C(C(=O)N(CC3CC3CBr)CN2C2c3ccccc3SCc3cccc(O)c32)C1OCc1ccccc1. The van der Waals surface area contributed by atoms with Gasteiger partial charge in [0.15, 0.2) is 17.9 Å². The van der Waals surface area contributed by atoms with E-state index in [-0.39, 0.29) is 30.1 Å². The van der Waals surface area contributed by atoms with Gasteiger partial charge in [0.2, 0.25) is 0 Å². The van der Waals surface area contributed by atoms with Gasteiger partial charge in [-0.05, 0) is 47.1 Å². The Balaban J connectivity index is 1.32. The van der Waals surface area contributed by atoms with Gasteiger partial charge in [0, 0.05) is 40.4 Å². The summed E-state index contributed by atoms with van der Waals surface area (Å²) in [6.45, 7) is 1.18. The minimum Gasteiger partial charge on any atom is -0.508 e. The van der Waals surface area contributed by atoms with Crippen molar-refractivity contribution >= 4 is 39.4 Å². The fourth-order valence-corrected chi connectivity index (χ4v) is 8.30. The molecule has 5 atom stereocenters. The molecule has 42 heavy (non-hydrogen) atoms. The van der Waals surface area contributed by atoms with Crippen LogP contribution in [0.5, 0.6) is 5.75 Å². The number of aromatic hydroxyl groups is 1. The third-order valence-corrected chi connectivity index (χ3v) is 10.7. The molecule has 3 aromatic rings. The van der Waals surface area contributed by atoms with Crippen LogP contribution in [-0.2, 0) is 26.7 Å². The van der Waals surface area contributed by atoms with Crippen molar-refractivity contribution in [3.05, 3.63) is 107 Å². The molecule has 1 amide bonds. The Kier molecular flexibility index (Phi) is 7.60. The minimum absolute atomic E-state index is 0.101. The largest absolute Gasteiger partial charge is 0.508 e. The van der Waals surface area contributed by atoms with Crippen LogP contribution < -0.4 is 0 Å². The summed E-state index contributed by atoms with van der Waals surface area (Å²) in [6, 6.07) is 22.5. The maximum Gasteiger partial charge on any atom is 0.251 e. The molecule has 216 valence electrons. The second kappa shape index (κ2) is 11.5. The standard InChI is InChI=1S/C33H32BrN3O4S/c34-16-23-15-24(23)17-35-20-37(30-25-10-4-5-12-28(25)42-19-22-9-6-11-26(38)29(22)30)36-14-13-27(39)32(31(36)33(35)40)41-18-21-7-2-1-3-8-21/h1-14,23-24,30-32,38H,15-20H2. The second-order valence-corrected chi connectivity index (χ2v) is 13.1. The number of halogens is 1. The third-order valence-electron chi connectivity index (χ3n) is 8.76. The van der Waals surface area contributed by atoms with Crippen molar-refractivity contribution in [3.63, 3.8) is 0 Å². The summed E-state index contributed by atoms with van der Waals surface area (Å²) in [5, 5.41) is 16.3. The number of fused-ring (bicyclic) bond motifs is 3. The highest BCUT2D eigenvalue weighted by Crippen LogP contribution is 2.48. The van der Waals surface area contributed by atoms with E-state index in [2.05, 4.69) is 39.1 Å². The van der Waals surface area contributed by atoms with Gasteiger partial charge in [-0.2, -0.15) is 5.01 Å². The predicted molar refractivity (Wildman–Crippen MR) is 165 cm³/mol. The molecule has 1 saturated heterocycles. The van der Waals surface area contributed by atoms with E-state index in [1.54, 1.807) is 24.0 Å². The van der Waals surface area contributed by atoms with Crippen LogP contribution in [0.4, 0.5) is 0 Å². The Bertz CT molecular complexity index is 1530. The molecule has 0 bridgehead atoms. The van der Waals surface area contributed by atoms with Gasteiger partial charge in [-0.1, -0.05) is 76.6 Å². The van der Waals surface area contributed by atoms with Crippen molar-refractivity contribution in [3.8, 4) is 5.75 Å². The van der Waals surface area contributed by atoms with Gasteiger partial charge in [-0.3, -0.25) is 14.6 Å². The smallest absolute Gasteiger partial charge is 0.251 e. The first-order valence-electron chi connectivity index (χ1n) is 14.3. The molecule has 5 unspecified atom stereocenters. The average Bonchev–Trinajstić information content (AvgIpc) is 3.80. The summed E-state index contributed by atoms with van der Waals surface area (Å²) in [6.07, 6.45) is 3.36. The summed E-state index contributed by atoms with van der Waals surface area (Å²) in [5.74, 6) is 1.59. The van der Waals surface area contributed by atoms with E-state index < -0.39 is 12.1 Å². The quantitative estimate of drug-likeness (QED) is 0.341. The Labute approximate surface area is 258 Å². The molecular formula is C33H32BrN3O4S. The summed E-state index contributed by atoms with van der Waals surface area (Å²) in [4.78, 5) is 30.7. The van der Waals surface area contributed by atoms with E-state index in [0.29, 0.717) is 25.0 Å². The molecule has 3 aromatic carbocycles. The number of hydrogen-bond donors (Lipinski definition) is 1. The number of carbonyl (C=O) groups excluding carboxylic acids is 2. The van der Waals surface area contributed by atoms with Crippen molar-refractivity contribution in [2.75, 3.05) is 18.5 Å². The molecular weight excluding hydrogens is 614 g/mol. The van der Waals surface area contributed by atoms with Gasteiger partial charge in [0.1, 0.15) is 5.75 Å². The molecule has 2 fully saturated rings. The molecule has 0 radical (unpaired) electrons. The van der Waals surface area contributed by atoms with Crippen LogP contribution in [0.25, 0.3) is 0 Å². The number of rotatable bonds is 7. The van der Waals surface area contributed by atoms with Crippen LogP contribution in [-0.4, -0.2) is 62.4 Å². The number of amides is 1. The zero-order chi connectivity index (χ0) is 28.8. The lowest BCUT2D eigenvalue weighted by atomic mass is 9.92. The first-order valence-corrected chi connectivity index (χ1v) is 16.4. The molecule has 3 aliphatic heterocycles. The summed E-state index contributed by atoms with van der Waals surface area (Å²) >= 11 is 5.36. The summed E-state index contributed by atoms with van der Waals surface area (Å²) in [5.41, 5.74) is 3.89. The van der Waals surface area contributed by atoms with Crippen molar-refractivity contribution in [2.24, 2.45) is 11.8 Å². The van der Waals surface area contributed by atoms with Gasteiger partial charge < -0.3 is 14.7 Å². The molecule has 1 saturated carbocycles. The molecule has 0 aromatic heterocycles. The number of hydrogen-bond acceptors (Lipinski definition) is 7. The Morgan fingerprint density at radius 2 is 1.79 bits per heavy atom. The zero-order valence-corrected chi connectivity index (χ0v) is 25.4. The van der Waals surface area contributed by atoms with Gasteiger partial charge in [-0.15, -0.1) is 11.8 Å². The van der Waals surface area contributed by atoms with Crippen LogP contribution in [0.2, 0.25) is 0 Å². The molecule has 0 spiro atoms. The number of alkyl halides is 1. The van der Waals surface area contributed by atoms with Crippen LogP contribution >= 0.6 is 27.7 Å². The van der Waals surface area contributed by atoms with E-state index >= 15 is 0 Å². The Hall–Kier alpha value is -3.11. The number of phenols is 1. The number of benzene rings is 3. The van der Waals surface area contributed by atoms with Crippen molar-refractivity contribution in [2.45, 2.75) is 41.9 Å². The fourth-order valence-electron chi connectivity index (χ4n) is 6.43. The van der Waals surface area contributed by atoms with Crippen LogP contribution in [0, 0.1) is 11.8 Å². The Morgan fingerprint density at radius 3 is 2.60 bits per heavy atom. The first kappa shape index (κ1) is 27.7. The van der Waals surface area contributed by atoms with Crippen molar-refractivity contribution in [1.82, 2.24) is 14.9 Å². The first-order chi connectivity index (χ1) is 20.5. The zero-order valence-electron chi connectivity index (χ0n) is 23.0. The van der Waals surface area contributed by atoms with E-state index in [0.717, 1.165) is 44.7 Å². The normalized spacial score (nSPS) is 26.8. The van der Waals surface area contributed by atoms with Gasteiger partial charge in [-0.25, -0.2) is 0 Å². The highest BCUT2D eigenvalue weighted by Gasteiger charge is 2.52. The highest BCUT2D eigenvalue weighted by atomic mass is 79.9. The number of nitrogens with zero attached hydrogens (tertiary/aromatic N) is 3. The number of carbonyl (C=O) groups is 2. The molecule has 3 heterocycles. The summed E-state index contributed by atoms with van der Waals surface area (Å²) in [7, 11) is 0. The number of phenolic OH excluding ortho intramolecular Hbond substituents is 1. The second-order valence-electron chi connectivity index (χ2n) is 11.4. The fraction of sp³-hybridized carbons (Fsp3) is 0.333. The lowest BCUT2D eigenvalue weighted by molar-refractivity contribution is -0.190. The third kappa shape index (κ3) is 5.06. The van der Waals surface area contributed by atoms with Gasteiger partial charge >= 0.3 is 0 Å². The maximum atomic E-state index is 14.3. The number of ether oxygens (including phenoxy) is 1. The molecule has 9 heteroatoms. The predicted octanol–water partition coefficient (Wildman–Crippen LogP) is 5.49. The molecule has 7 rings (SSSR count). The number of thioether (sulfide) groups is 1. The van der Waals surface area contributed by atoms with E-state index in [9.17, 15) is 14.7 Å². The van der Waals surface area contributed by atoms with Crippen LogP contribution in [0.1, 0.15) is 34.7 Å².